The molecule has 0 bridgehead atoms. The number of benzene rings is 2. The van der Waals surface area contributed by atoms with E-state index in [-0.39, 0.29) is 5.63 Å². The first-order valence-corrected chi connectivity index (χ1v) is 9.39. The maximum absolute atomic E-state index is 12.0. The lowest BCUT2D eigenvalue weighted by atomic mass is 10.1. The van der Waals surface area contributed by atoms with Gasteiger partial charge in [0.15, 0.2) is 11.5 Å². The molecule has 0 fully saturated rings. The molecule has 142 valence electrons. The molecule has 2 aromatic heterocycles. The van der Waals surface area contributed by atoms with Crippen LogP contribution in [0.25, 0.3) is 31.9 Å². The summed E-state index contributed by atoms with van der Waals surface area (Å²) in [6, 6.07) is 16.9. The molecule has 0 amide bonds. The van der Waals surface area contributed by atoms with Gasteiger partial charge in [-0.15, -0.1) is 11.3 Å². The molecule has 0 aliphatic rings. The highest BCUT2D eigenvalue weighted by molar-refractivity contribution is 7.18. The molecule has 0 spiro atoms. The first kappa shape index (κ1) is 18.1. The maximum Gasteiger partial charge on any atom is 0.336 e. The zero-order chi connectivity index (χ0) is 19.7. The standard InChI is InChI=1S/C22H18O5S/c1-24-17-10-13(11-18(25-2)22(17)26-3)19-8-9-20(28-19)15-12-21(23)27-16-7-5-4-6-14(15)16/h4-12H,1-3H3. The first-order valence-electron chi connectivity index (χ1n) is 8.58. The molecule has 4 rings (SSSR count). The lowest BCUT2D eigenvalue weighted by Crippen LogP contribution is -1.97. The van der Waals surface area contributed by atoms with Crippen molar-refractivity contribution >= 4 is 22.3 Å². The summed E-state index contributed by atoms with van der Waals surface area (Å²) < 4.78 is 21.6. The van der Waals surface area contributed by atoms with Gasteiger partial charge in [-0.3, -0.25) is 0 Å². The zero-order valence-corrected chi connectivity index (χ0v) is 16.5. The Balaban J connectivity index is 1.84. The summed E-state index contributed by atoms with van der Waals surface area (Å²) >= 11 is 1.58. The normalized spacial score (nSPS) is 10.8. The van der Waals surface area contributed by atoms with Crippen LogP contribution >= 0.6 is 11.3 Å². The number of methoxy groups -OCH3 is 3. The second-order valence-electron chi connectivity index (χ2n) is 6.05. The van der Waals surface area contributed by atoms with Crippen molar-refractivity contribution in [2.75, 3.05) is 21.3 Å². The molecule has 28 heavy (non-hydrogen) atoms. The summed E-state index contributed by atoms with van der Waals surface area (Å²) in [5, 5.41) is 0.903. The molecular weight excluding hydrogens is 376 g/mol. The topological polar surface area (TPSA) is 57.9 Å². The number of ether oxygens (including phenoxy) is 3. The van der Waals surface area contributed by atoms with Gasteiger partial charge in [0, 0.05) is 26.8 Å². The summed E-state index contributed by atoms with van der Waals surface area (Å²) in [5.41, 5.74) is 2.01. The minimum absolute atomic E-state index is 0.364. The van der Waals surface area contributed by atoms with E-state index in [2.05, 4.69) is 0 Å². The van der Waals surface area contributed by atoms with Crippen LogP contribution in [0.3, 0.4) is 0 Å². The van der Waals surface area contributed by atoms with E-state index in [1.165, 1.54) is 6.07 Å². The number of rotatable bonds is 5. The van der Waals surface area contributed by atoms with Crippen LogP contribution in [-0.2, 0) is 0 Å². The minimum Gasteiger partial charge on any atom is -0.493 e. The summed E-state index contributed by atoms with van der Waals surface area (Å²) in [7, 11) is 4.77. The highest BCUT2D eigenvalue weighted by Crippen LogP contribution is 2.44. The molecule has 0 radical (unpaired) electrons. The lowest BCUT2D eigenvalue weighted by Gasteiger charge is -2.13. The Kier molecular flexibility index (Phi) is 4.79. The van der Waals surface area contributed by atoms with Crippen LogP contribution in [0.1, 0.15) is 0 Å². The summed E-state index contributed by atoms with van der Waals surface area (Å²) in [6.45, 7) is 0. The fourth-order valence-corrected chi connectivity index (χ4v) is 4.20. The number of hydrogen-bond donors (Lipinski definition) is 0. The van der Waals surface area contributed by atoms with E-state index in [4.69, 9.17) is 18.6 Å². The van der Waals surface area contributed by atoms with Gasteiger partial charge in [-0.1, -0.05) is 18.2 Å². The summed E-state index contributed by atoms with van der Waals surface area (Å²) in [4.78, 5) is 14.0. The fraction of sp³-hybridized carbons (Fsp3) is 0.136. The van der Waals surface area contributed by atoms with Crippen molar-refractivity contribution in [2.24, 2.45) is 0 Å². The average molecular weight is 394 g/mol. The summed E-state index contributed by atoms with van der Waals surface area (Å²) in [5.74, 6) is 1.74. The molecule has 6 heteroatoms. The Morgan fingerprint density at radius 3 is 2.18 bits per heavy atom. The van der Waals surface area contributed by atoms with Crippen molar-refractivity contribution in [2.45, 2.75) is 0 Å². The van der Waals surface area contributed by atoms with Crippen LogP contribution in [0.5, 0.6) is 17.2 Å². The lowest BCUT2D eigenvalue weighted by molar-refractivity contribution is 0.324. The monoisotopic (exact) mass is 394 g/mol. The third kappa shape index (κ3) is 3.12. The van der Waals surface area contributed by atoms with Crippen LogP contribution in [0.15, 0.2) is 63.8 Å². The first-order chi connectivity index (χ1) is 13.6. The number of thiophene rings is 1. The predicted octanol–water partition coefficient (Wildman–Crippen LogP) is 5.21. The van der Waals surface area contributed by atoms with Gasteiger partial charge in [0.1, 0.15) is 5.58 Å². The largest absolute Gasteiger partial charge is 0.493 e. The molecule has 0 atom stereocenters. The number of fused-ring (bicyclic) bond motifs is 1. The summed E-state index contributed by atoms with van der Waals surface area (Å²) in [6.07, 6.45) is 0. The molecule has 0 aliphatic carbocycles. The molecule has 0 N–H and O–H groups in total. The van der Waals surface area contributed by atoms with Gasteiger partial charge in [0.25, 0.3) is 0 Å². The van der Waals surface area contributed by atoms with E-state index in [0.717, 1.165) is 26.3 Å². The molecule has 5 nitrogen and oxygen atoms in total. The Morgan fingerprint density at radius 1 is 0.821 bits per heavy atom. The van der Waals surface area contributed by atoms with Crippen molar-refractivity contribution in [3.05, 3.63) is 65.0 Å². The fourth-order valence-electron chi connectivity index (χ4n) is 3.18. The Morgan fingerprint density at radius 2 is 1.50 bits per heavy atom. The Labute approximate surface area is 165 Å². The van der Waals surface area contributed by atoms with Crippen molar-refractivity contribution < 1.29 is 18.6 Å². The SMILES string of the molecule is COc1cc(-c2ccc(-c3cc(=O)oc4ccccc34)s2)cc(OC)c1OC. The number of para-hydroxylation sites is 1. The molecule has 0 saturated carbocycles. The quantitative estimate of drug-likeness (QED) is 0.435. The smallest absolute Gasteiger partial charge is 0.336 e. The third-order valence-electron chi connectivity index (χ3n) is 4.47. The van der Waals surface area contributed by atoms with E-state index in [0.29, 0.717) is 22.8 Å². The highest BCUT2D eigenvalue weighted by Gasteiger charge is 2.16. The predicted molar refractivity (Wildman–Crippen MR) is 111 cm³/mol. The van der Waals surface area contributed by atoms with E-state index >= 15 is 0 Å². The zero-order valence-electron chi connectivity index (χ0n) is 15.6. The van der Waals surface area contributed by atoms with E-state index in [1.54, 1.807) is 38.7 Å². The van der Waals surface area contributed by atoms with Gasteiger partial charge in [-0.05, 0) is 35.9 Å². The van der Waals surface area contributed by atoms with Crippen LogP contribution in [0.2, 0.25) is 0 Å². The van der Waals surface area contributed by atoms with Gasteiger partial charge in [0.2, 0.25) is 5.75 Å². The van der Waals surface area contributed by atoms with Crippen molar-refractivity contribution in [3.8, 4) is 38.1 Å². The van der Waals surface area contributed by atoms with Crippen LogP contribution < -0.4 is 19.8 Å². The van der Waals surface area contributed by atoms with Crippen LogP contribution in [0, 0.1) is 0 Å². The molecule has 0 aliphatic heterocycles. The maximum atomic E-state index is 12.0. The number of hydrogen-bond acceptors (Lipinski definition) is 6. The molecule has 0 unspecified atom stereocenters. The third-order valence-corrected chi connectivity index (χ3v) is 5.64. The van der Waals surface area contributed by atoms with Crippen molar-refractivity contribution in [1.82, 2.24) is 0 Å². The van der Waals surface area contributed by atoms with Gasteiger partial charge < -0.3 is 18.6 Å². The average Bonchev–Trinajstić information content (AvgIpc) is 3.22. The van der Waals surface area contributed by atoms with Crippen LogP contribution in [0.4, 0.5) is 0 Å². The molecular formula is C22H18O5S. The molecule has 4 aromatic rings. The van der Waals surface area contributed by atoms with Gasteiger partial charge >= 0.3 is 5.63 Å². The van der Waals surface area contributed by atoms with E-state index < -0.39 is 0 Å². The Bertz CT molecular complexity index is 1180. The van der Waals surface area contributed by atoms with Gasteiger partial charge in [0.05, 0.1) is 21.3 Å². The highest BCUT2D eigenvalue weighted by atomic mass is 32.1. The van der Waals surface area contributed by atoms with Gasteiger partial charge in [-0.2, -0.15) is 0 Å². The minimum atomic E-state index is -0.364. The Hall–Kier alpha value is -3.25. The van der Waals surface area contributed by atoms with E-state index in [9.17, 15) is 4.79 Å². The van der Waals surface area contributed by atoms with Gasteiger partial charge in [-0.25, -0.2) is 4.79 Å². The molecule has 2 aromatic carbocycles. The van der Waals surface area contributed by atoms with E-state index in [1.807, 2.05) is 42.5 Å². The molecule has 2 heterocycles. The molecule has 0 saturated heterocycles. The second kappa shape index (κ2) is 7.40. The van der Waals surface area contributed by atoms with Crippen LogP contribution in [-0.4, -0.2) is 21.3 Å². The van der Waals surface area contributed by atoms with Crippen molar-refractivity contribution in [3.63, 3.8) is 0 Å². The van der Waals surface area contributed by atoms with Crippen molar-refractivity contribution in [1.29, 1.82) is 0 Å². The second-order valence-corrected chi connectivity index (χ2v) is 7.14.